The average Bonchev–Trinajstić information content (AvgIpc) is 3.61. The number of amides is 1. The van der Waals surface area contributed by atoms with Crippen molar-refractivity contribution in [3.05, 3.63) is 70.1 Å². The molecule has 1 aliphatic heterocycles. The van der Waals surface area contributed by atoms with E-state index in [0.29, 0.717) is 37.3 Å². The fourth-order valence-corrected chi connectivity index (χ4v) is 7.51. The van der Waals surface area contributed by atoms with Crippen LogP contribution in [0.2, 0.25) is 0 Å². The molecule has 3 aromatic rings. The molecule has 1 aliphatic carbocycles. The predicted octanol–water partition coefficient (Wildman–Crippen LogP) is 8.86. The summed E-state index contributed by atoms with van der Waals surface area (Å²) < 4.78 is 0. The highest BCUT2D eigenvalue weighted by atomic mass is 32.1. The van der Waals surface area contributed by atoms with E-state index in [1.165, 1.54) is 27.1 Å². The van der Waals surface area contributed by atoms with Crippen LogP contribution >= 0.6 is 11.3 Å². The molecule has 226 valence electrons. The van der Waals surface area contributed by atoms with Gasteiger partial charge in [-0.15, -0.1) is 11.3 Å². The van der Waals surface area contributed by atoms with Crippen LogP contribution in [0.4, 0.5) is 0 Å². The van der Waals surface area contributed by atoms with Crippen molar-refractivity contribution in [3.8, 4) is 21.6 Å². The number of aliphatic hydroxyl groups excluding tert-OH is 1. The second-order valence-corrected chi connectivity index (χ2v) is 13.3. The third-order valence-corrected chi connectivity index (χ3v) is 10.1. The van der Waals surface area contributed by atoms with Gasteiger partial charge in [-0.3, -0.25) is 9.59 Å². The van der Waals surface area contributed by atoms with E-state index >= 15 is 0 Å². The number of carbonyl (C=O) groups excluding carboxylic acids is 2. The number of thiophene rings is 1. The maximum atomic E-state index is 13.0. The number of benzene rings is 2. The molecule has 1 amide bonds. The van der Waals surface area contributed by atoms with E-state index in [1.54, 1.807) is 11.3 Å². The Morgan fingerprint density at radius 2 is 1.69 bits per heavy atom. The maximum absolute atomic E-state index is 13.0. The fourth-order valence-electron chi connectivity index (χ4n) is 6.50. The second kappa shape index (κ2) is 13.7. The highest BCUT2D eigenvalue weighted by Gasteiger charge is 2.47. The molecule has 0 radical (unpaired) electrons. The van der Waals surface area contributed by atoms with Crippen LogP contribution in [0.1, 0.15) is 101 Å². The second-order valence-electron chi connectivity index (χ2n) is 12.4. The van der Waals surface area contributed by atoms with Gasteiger partial charge in [0.15, 0.2) is 0 Å². The topological polar surface area (TPSA) is 57.6 Å². The minimum atomic E-state index is -0.289. The molecule has 5 heteroatoms. The fraction of sp³-hybridized carbons (Fsp3) is 0.514. The lowest BCUT2D eigenvalue weighted by Crippen LogP contribution is -2.40. The number of likely N-dealkylation sites (tertiary alicyclic amines) is 1. The quantitative estimate of drug-likeness (QED) is 0.272. The van der Waals surface area contributed by atoms with E-state index in [2.05, 4.69) is 56.5 Å². The summed E-state index contributed by atoms with van der Waals surface area (Å²) in [6, 6.07) is 15.2. The van der Waals surface area contributed by atoms with Gasteiger partial charge in [-0.1, -0.05) is 65.8 Å². The van der Waals surface area contributed by atoms with E-state index in [1.807, 2.05) is 44.7 Å². The van der Waals surface area contributed by atoms with Crippen molar-refractivity contribution in [1.82, 2.24) is 4.90 Å². The third-order valence-electron chi connectivity index (χ3n) is 9.09. The Bertz CT molecular complexity index is 1390. The number of Topliss-reactive ketones (excluding diaryl/α,β-unsaturated/α-hetero) is 1. The first-order chi connectivity index (χ1) is 20.1. The molecule has 1 saturated carbocycles. The smallest absolute Gasteiger partial charge is 0.253 e. The molecule has 5 rings (SSSR count). The number of hydrogen-bond donors (Lipinski definition) is 1. The Kier molecular flexibility index (Phi) is 10.5. The van der Waals surface area contributed by atoms with Crippen molar-refractivity contribution < 1.29 is 14.7 Å². The monoisotopic (exact) mass is 587 g/mol. The van der Waals surface area contributed by atoms with Crippen LogP contribution in [-0.2, 0) is 16.6 Å². The Morgan fingerprint density at radius 3 is 2.29 bits per heavy atom. The standard InChI is InChI=1S/C35H43NO3S.C2H6/c1-6-25-7-8-26(18-31(25)35(13-14-35)20-24(5)33(38)22(2)3)28-19-32(40-21-28)30-10-9-27(17-23(30)4)34(39)36-15-11-29(37)12-16-36;1-2/h7-10,17-19,21-22,24,29,37H,6,11-16,20H2,1-5H3;1-2H3. The zero-order valence-corrected chi connectivity index (χ0v) is 27.4. The highest BCUT2D eigenvalue weighted by molar-refractivity contribution is 7.14. The number of nitrogens with zero attached hydrogens (tertiary/aromatic N) is 1. The van der Waals surface area contributed by atoms with Crippen molar-refractivity contribution in [1.29, 1.82) is 0 Å². The van der Waals surface area contributed by atoms with Crippen LogP contribution in [-0.4, -0.2) is 40.9 Å². The van der Waals surface area contributed by atoms with Crippen molar-refractivity contribution in [2.45, 2.75) is 98.5 Å². The first kappa shape index (κ1) is 32.2. The van der Waals surface area contributed by atoms with Gasteiger partial charge in [0.05, 0.1) is 6.10 Å². The predicted molar refractivity (Wildman–Crippen MR) is 176 cm³/mol. The minimum absolute atomic E-state index is 0.0513. The molecule has 1 N–H and O–H groups in total. The lowest BCUT2D eigenvalue weighted by molar-refractivity contribution is -0.125. The first-order valence-electron chi connectivity index (χ1n) is 16.0. The summed E-state index contributed by atoms with van der Waals surface area (Å²) in [5.41, 5.74) is 8.40. The number of carbonyl (C=O) groups is 2. The largest absolute Gasteiger partial charge is 0.393 e. The Labute approximate surface area is 257 Å². The van der Waals surface area contributed by atoms with Crippen LogP contribution in [0.3, 0.4) is 0 Å². The van der Waals surface area contributed by atoms with Gasteiger partial charge < -0.3 is 10.0 Å². The molecule has 1 atom stereocenters. The number of aliphatic hydroxyl groups is 1. The summed E-state index contributed by atoms with van der Waals surface area (Å²) in [6.45, 7) is 15.7. The van der Waals surface area contributed by atoms with Crippen LogP contribution < -0.4 is 0 Å². The lowest BCUT2D eigenvalue weighted by Gasteiger charge is -2.29. The van der Waals surface area contributed by atoms with Crippen LogP contribution in [0, 0.1) is 18.8 Å². The zero-order valence-electron chi connectivity index (χ0n) is 26.6. The van der Waals surface area contributed by atoms with Gasteiger partial charge in [0.2, 0.25) is 0 Å². The lowest BCUT2D eigenvalue weighted by atomic mass is 9.79. The van der Waals surface area contributed by atoms with E-state index < -0.39 is 0 Å². The first-order valence-corrected chi connectivity index (χ1v) is 16.8. The summed E-state index contributed by atoms with van der Waals surface area (Å²) in [7, 11) is 0. The van der Waals surface area contributed by atoms with Crippen LogP contribution in [0.5, 0.6) is 0 Å². The number of rotatable bonds is 9. The molecule has 2 aliphatic rings. The van der Waals surface area contributed by atoms with Gasteiger partial charge in [0, 0.05) is 35.4 Å². The van der Waals surface area contributed by atoms with Crippen molar-refractivity contribution in [3.63, 3.8) is 0 Å². The molecule has 2 heterocycles. The van der Waals surface area contributed by atoms with E-state index in [4.69, 9.17) is 0 Å². The number of aryl methyl sites for hydroxylation is 2. The Hall–Kier alpha value is -2.76. The van der Waals surface area contributed by atoms with Gasteiger partial charge in [-0.05, 0) is 108 Å². The zero-order chi connectivity index (χ0) is 30.6. The van der Waals surface area contributed by atoms with Crippen LogP contribution in [0.15, 0.2) is 47.8 Å². The highest BCUT2D eigenvalue weighted by Crippen LogP contribution is 2.54. The van der Waals surface area contributed by atoms with Gasteiger partial charge in [-0.2, -0.15) is 0 Å². The van der Waals surface area contributed by atoms with Crippen LogP contribution in [0.25, 0.3) is 21.6 Å². The third kappa shape index (κ3) is 6.89. The number of ketones is 1. The number of piperidine rings is 1. The SMILES string of the molecule is CC.CCc1ccc(-c2csc(-c3ccc(C(=O)N4CCC(O)CC4)cc3C)c2)cc1C1(CC(C)C(=O)C(C)C)CC1. The van der Waals surface area contributed by atoms with E-state index in [-0.39, 0.29) is 29.3 Å². The Morgan fingerprint density at radius 1 is 1.00 bits per heavy atom. The Balaban J connectivity index is 0.00000198. The summed E-state index contributed by atoms with van der Waals surface area (Å²) in [5, 5.41) is 12.0. The molecule has 1 saturated heterocycles. The van der Waals surface area contributed by atoms with E-state index in [0.717, 1.165) is 36.8 Å². The summed E-state index contributed by atoms with van der Waals surface area (Å²) in [6.07, 6.45) is 5.28. The van der Waals surface area contributed by atoms with Crippen molar-refractivity contribution >= 4 is 23.0 Å². The molecule has 1 aromatic heterocycles. The van der Waals surface area contributed by atoms with Crippen molar-refractivity contribution in [2.24, 2.45) is 11.8 Å². The molecule has 0 bridgehead atoms. The molecular weight excluding hydrogens is 538 g/mol. The van der Waals surface area contributed by atoms with E-state index in [9.17, 15) is 14.7 Å². The van der Waals surface area contributed by atoms with Gasteiger partial charge in [0.1, 0.15) is 5.78 Å². The molecule has 1 unspecified atom stereocenters. The van der Waals surface area contributed by atoms with Crippen molar-refractivity contribution in [2.75, 3.05) is 13.1 Å². The maximum Gasteiger partial charge on any atom is 0.253 e. The van der Waals surface area contributed by atoms with Gasteiger partial charge in [0.25, 0.3) is 5.91 Å². The van der Waals surface area contributed by atoms with Gasteiger partial charge in [-0.25, -0.2) is 0 Å². The molecular formula is C37H49NO3S. The normalized spacial score (nSPS) is 17.0. The molecule has 2 aromatic carbocycles. The molecule has 42 heavy (non-hydrogen) atoms. The minimum Gasteiger partial charge on any atom is -0.393 e. The summed E-state index contributed by atoms with van der Waals surface area (Å²) in [4.78, 5) is 28.8. The average molecular weight is 588 g/mol. The number of hydrogen-bond acceptors (Lipinski definition) is 4. The molecule has 0 spiro atoms. The summed E-state index contributed by atoms with van der Waals surface area (Å²) in [5.74, 6) is 0.598. The molecule has 2 fully saturated rings. The molecule has 4 nitrogen and oxygen atoms in total. The van der Waals surface area contributed by atoms with Gasteiger partial charge >= 0.3 is 0 Å². The summed E-state index contributed by atoms with van der Waals surface area (Å²) >= 11 is 1.74.